The fourth-order valence-electron chi connectivity index (χ4n) is 2.94. The molecular formula is C21H20N2O3S. The minimum Gasteiger partial charge on any atom is -0.455 e. The average Bonchev–Trinajstić information content (AvgIpc) is 3.23. The zero-order chi connectivity index (χ0) is 19.0. The van der Waals surface area contributed by atoms with E-state index in [2.05, 4.69) is 29.4 Å². The van der Waals surface area contributed by atoms with Gasteiger partial charge in [0.05, 0.1) is 16.1 Å². The summed E-state index contributed by atoms with van der Waals surface area (Å²) >= 11 is 1.65. The van der Waals surface area contributed by atoms with Crippen LogP contribution in [0.4, 0.5) is 5.69 Å². The van der Waals surface area contributed by atoms with Crippen molar-refractivity contribution < 1.29 is 14.3 Å². The third kappa shape index (κ3) is 4.01. The number of nitrogens with one attached hydrogen (secondary N) is 1. The molecule has 3 aromatic rings. The van der Waals surface area contributed by atoms with Crippen LogP contribution in [-0.4, -0.2) is 23.5 Å². The van der Waals surface area contributed by atoms with Gasteiger partial charge in [-0.1, -0.05) is 13.0 Å². The first-order valence-corrected chi connectivity index (χ1v) is 9.75. The number of esters is 1. The predicted molar refractivity (Wildman–Crippen MR) is 107 cm³/mol. The molecule has 1 aromatic heterocycles. The predicted octanol–water partition coefficient (Wildman–Crippen LogP) is 4.41. The van der Waals surface area contributed by atoms with E-state index in [-0.39, 0.29) is 24.4 Å². The molecule has 0 aliphatic heterocycles. The van der Waals surface area contributed by atoms with Gasteiger partial charge in [-0.25, -0.2) is 4.98 Å². The lowest BCUT2D eigenvalue weighted by atomic mass is 10.2. The van der Waals surface area contributed by atoms with E-state index in [4.69, 9.17) is 4.74 Å². The summed E-state index contributed by atoms with van der Waals surface area (Å²) < 4.78 is 6.21. The Kier molecular flexibility index (Phi) is 4.66. The molecule has 138 valence electrons. The summed E-state index contributed by atoms with van der Waals surface area (Å²) in [5.41, 5.74) is 3.87. The number of ether oxygens (including phenoxy) is 1. The molecule has 0 radical (unpaired) electrons. The van der Waals surface area contributed by atoms with E-state index in [1.54, 1.807) is 11.3 Å². The van der Waals surface area contributed by atoms with Gasteiger partial charge in [0.1, 0.15) is 5.01 Å². The highest BCUT2D eigenvalue weighted by molar-refractivity contribution is 7.21. The highest BCUT2D eigenvalue weighted by Crippen LogP contribution is 2.38. The average molecular weight is 380 g/mol. The Hall–Kier alpha value is -2.73. The fourth-order valence-corrected chi connectivity index (χ4v) is 4.01. The van der Waals surface area contributed by atoms with Crippen LogP contribution >= 0.6 is 11.3 Å². The van der Waals surface area contributed by atoms with Gasteiger partial charge >= 0.3 is 5.97 Å². The second-order valence-electron chi connectivity index (χ2n) is 7.04. The van der Waals surface area contributed by atoms with Gasteiger partial charge in [-0.05, 0) is 61.2 Å². The molecule has 2 aromatic carbocycles. The number of aromatic nitrogens is 1. The maximum atomic E-state index is 11.9. The Labute approximate surface area is 161 Å². The van der Waals surface area contributed by atoms with Crippen LogP contribution < -0.4 is 5.32 Å². The van der Waals surface area contributed by atoms with Crippen LogP contribution in [0.2, 0.25) is 0 Å². The highest BCUT2D eigenvalue weighted by Gasteiger charge is 2.40. The molecule has 1 N–H and O–H groups in total. The van der Waals surface area contributed by atoms with Crippen LogP contribution in [-0.2, 0) is 14.3 Å². The number of benzene rings is 2. The van der Waals surface area contributed by atoms with Gasteiger partial charge in [0, 0.05) is 11.3 Å². The van der Waals surface area contributed by atoms with Gasteiger partial charge in [-0.2, -0.15) is 0 Å². The van der Waals surface area contributed by atoms with Crippen molar-refractivity contribution in [1.82, 2.24) is 4.98 Å². The first-order valence-electron chi connectivity index (χ1n) is 8.94. The number of amides is 1. The van der Waals surface area contributed by atoms with E-state index in [1.165, 1.54) is 5.56 Å². The molecule has 1 amide bonds. The first-order chi connectivity index (χ1) is 13.0. The normalized spacial score (nSPS) is 18.3. The van der Waals surface area contributed by atoms with Crippen molar-refractivity contribution >= 4 is 39.1 Å². The SMILES string of the molecule is Cc1ccc2nc(-c3ccc(NC(=O)COC(=O)[C@@H]4C[C@@H]4C)cc3)sc2c1. The van der Waals surface area contributed by atoms with Crippen LogP contribution in [0.5, 0.6) is 0 Å². The van der Waals surface area contributed by atoms with E-state index in [0.29, 0.717) is 11.6 Å². The number of nitrogens with zero attached hydrogens (tertiary/aromatic N) is 1. The first kappa shape index (κ1) is 17.7. The Morgan fingerprint density at radius 3 is 2.67 bits per heavy atom. The molecular weight excluding hydrogens is 360 g/mol. The summed E-state index contributed by atoms with van der Waals surface area (Å²) in [6.07, 6.45) is 0.854. The van der Waals surface area contributed by atoms with Crippen LogP contribution in [0.3, 0.4) is 0 Å². The Bertz CT molecular complexity index is 1010. The standard InChI is InChI=1S/C21H20N2O3S/c1-12-3-8-17-18(9-12)27-20(23-17)14-4-6-15(7-5-14)22-19(24)11-26-21(25)16-10-13(16)2/h3-9,13,16H,10-11H2,1-2H3,(H,22,24)/t13-,16+/m0/s1. The smallest absolute Gasteiger partial charge is 0.309 e. The molecule has 0 unspecified atom stereocenters. The molecule has 0 saturated heterocycles. The number of rotatable bonds is 5. The van der Waals surface area contributed by atoms with Gasteiger partial charge in [0.15, 0.2) is 6.61 Å². The Balaban J connectivity index is 1.37. The number of fused-ring (bicyclic) bond motifs is 1. The molecule has 4 rings (SSSR count). The second kappa shape index (κ2) is 7.12. The number of thiazole rings is 1. The molecule has 5 nitrogen and oxygen atoms in total. The largest absolute Gasteiger partial charge is 0.455 e. The lowest BCUT2D eigenvalue weighted by Gasteiger charge is -2.07. The van der Waals surface area contributed by atoms with Gasteiger partial charge < -0.3 is 10.1 Å². The summed E-state index contributed by atoms with van der Waals surface area (Å²) in [4.78, 5) is 28.3. The molecule has 0 bridgehead atoms. The zero-order valence-electron chi connectivity index (χ0n) is 15.2. The summed E-state index contributed by atoms with van der Waals surface area (Å²) in [7, 11) is 0. The molecule has 2 atom stereocenters. The third-order valence-corrected chi connectivity index (χ3v) is 5.78. The topological polar surface area (TPSA) is 68.3 Å². The van der Waals surface area contributed by atoms with Gasteiger partial charge in [-0.15, -0.1) is 11.3 Å². The molecule has 6 heteroatoms. The zero-order valence-corrected chi connectivity index (χ0v) is 16.0. The molecule has 1 aliphatic carbocycles. The number of hydrogen-bond acceptors (Lipinski definition) is 5. The second-order valence-corrected chi connectivity index (χ2v) is 8.07. The maximum absolute atomic E-state index is 11.9. The lowest BCUT2D eigenvalue weighted by Crippen LogP contribution is -2.21. The Morgan fingerprint density at radius 2 is 1.96 bits per heavy atom. The van der Waals surface area contributed by atoms with E-state index in [9.17, 15) is 9.59 Å². The quantitative estimate of drug-likeness (QED) is 0.666. The molecule has 1 heterocycles. The van der Waals surface area contributed by atoms with Crippen LogP contribution in [0, 0.1) is 18.8 Å². The molecule has 1 aliphatic rings. The van der Waals surface area contributed by atoms with Crippen molar-refractivity contribution in [1.29, 1.82) is 0 Å². The molecule has 1 saturated carbocycles. The van der Waals surface area contributed by atoms with Gasteiger partial charge in [0.25, 0.3) is 5.91 Å². The van der Waals surface area contributed by atoms with E-state index in [0.717, 1.165) is 27.2 Å². The van der Waals surface area contributed by atoms with Crippen molar-refractivity contribution in [3.8, 4) is 10.6 Å². The van der Waals surface area contributed by atoms with Crippen molar-refractivity contribution in [3.05, 3.63) is 48.0 Å². The van der Waals surface area contributed by atoms with Crippen LogP contribution in [0.15, 0.2) is 42.5 Å². The highest BCUT2D eigenvalue weighted by atomic mass is 32.1. The minimum atomic E-state index is -0.333. The number of carbonyl (C=O) groups excluding carboxylic acids is 2. The monoisotopic (exact) mass is 380 g/mol. The summed E-state index contributed by atoms with van der Waals surface area (Å²) in [5, 5.41) is 3.69. The lowest BCUT2D eigenvalue weighted by molar-refractivity contribution is -0.148. The summed E-state index contributed by atoms with van der Waals surface area (Å²) in [5.74, 6) is -0.270. The minimum absolute atomic E-state index is 0.0327. The summed E-state index contributed by atoms with van der Waals surface area (Å²) in [6, 6.07) is 13.7. The number of carbonyl (C=O) groups is 2. The Morgan fingerprint density at radius 1 is 1.22 bits per heavy atom. The summed E-state index contributed by atoms with van der Waals surface area (Å²) in [6.45, 7) is 3.82. The number of hydrogen-bond donors (Lipinski definition) is 1. The molecule has 0 spiro atoms. The van der Waals surface area contributed by atoms with E-state index < -0.39 is 0 Å². The van der Waals surface area contributed by atoms with E-state index in [1.807, 2.05) is 37.3 Å². The maximum Gasteiger partial charge on any atom is 0.309 e. The number of anilines is 1. The van der Waals surface area contributed by atoms with Gasteiger partial charge in [-0.3, -0.25) is 9.59 Å². The van der Waals surface area contributed by atoms with Crippen LogP contribution in [0.1, 0.15) is 18.9 Å². The van der Waals surface area contributed by atoms with Crippen LogP contribution in [0.25, 0.3) is 20.8 Å². The van der Waals surface area contributed by atoms with Crippen molar-refractivity contribution in [3.63, 3.8) is 0 Å². The van der Waals surface area contributed by atoms with Crippen molar-refractivity contribution in [2.75, 3.05) is 11.9 Å². The van der Waals surface area contributed by atoms with Gasteiger partial charge in [0.2, 0.25) is 0 Å². The van der Waals surface area contributed by atoms with E-state index >= 15 is 0 Å². The molecule has 1 fully saturated rings. The third-order valence-electron chi connectivity index (χ3n) is 4.72. The fraction of sp³-hybridized carbons (Fsp3) is 0.286. The van der Waals surface area contributed by atoms with Crippen molar-refractivity contribution in [2.24, 2.45) is 11.8 Å². The number of aryl methyl sites for hydroxylation is 1. The molecule has 27 heavy (non-hydrogen) atoms. The van der Waals surface area contributed by atoms with Crippen molar-refractivity contribution in [2.45, 2.75) is 20.3 Å².